The molecule has 0 fully saturated rings. The summed E-state index contributed by atoms with van der Waals surface area (Å²) in [4.78, 5) is 12.0. The third-order valence-corrected chi connectivity index (χ3v) is 3.07. The van der Waals surface area contributed by atoms with Gasteiger partial charge in [0.1, 0.15) is 5.75 Å². The van der Waals surface area contributed by atoms with Crippen molar-refractivity contribution in [3.8, 4) is 5.75 Å². The molecule has 0 radical (unpaired) electrons. The molecule has 1 amide bonds. The Balaban J connectivity index is 2.01. The molecule has 20 heavy (non-hydrogen) atoms. The van der Waals surface area contributed by atoms with Crippen LogP contribution in [-0.2, 0) is 6.54 Å². The van der Waals surface area contributed by atoms with E-state index >= 15 is 0 Å². The minimum Gasteiger partial charge on any atom is -0.494 e. The maximum absolute atomic E-state index is 12.0. The molecule has 3 nitrogen and oxygen atoms in total. The van der Waals surface area contributed by atoms with Crippen LogP contribution in [0.15, 0.2) is 48.5 Å². The van der Waals surface area contributed by atoms with Crippen LogP contribution in [0.25, 0.3) is 0 Å². The molecule has 2 aromatic rings. The van der Waals surface area contributed by atoms with Gasteiger partial charge in [0.25, 0.3) is 5.91 Å². The second kappa shape index (κ2) is 6.96. The fraction of sp³-hybridized carbons (Fsp3) is 0.188. The number of amides is 1. The molecule has 0 saturated carbocycles. The highest BCUT2D eigenvalue weighted by Crippen LogP contribution is 2.17. The van der Waals surface area contributed by atoms with Crippen LogP contribution in [0.5, 0.6) is 5.75 Å². The summed E-state index contributed by atoms with van der Waals surface area (Å²) in [7, 11) is 0. The van der Waals surface area contributed by atoms with Gasteiger partial charge >= 0.3 is 0 Å². The summed E-state index contributed by atoms with van der Waals surface area (Å²) < 4.78 is 5.52. The van der Waals surface area contributed by atoms with E-state index in [2.05, 4.69) is 5.32 Å². The zero-order valence-electron chi connectivity index (χ0n) is 11.2. The van der Waals surface area contributed by atoms with Crippen LogP contribution >= 0.6 is 11.6 Å². The standard InChI is InChI=1S/C16H16ClNO2/c1-2-20-15-6-4-3-5-13(15)11-18-16(19)12-7-9-14(17)10-8-12/h3-10H,2,11H2,1H3,(H,18,19). The first-order valence-corrected chi connectivity index (χ1v) is 6.83. The van der Waals surface area contributed by atoms with Gasteiger partial charge in [0.05, 0.1) is 6.61 Å². The molecular formula is C16H16ClNO2. The highest BCUT2D eigenvalue weighted by molar-refractivity contribution is 6.30. The van der Waals surface area contributed by atoms with Crippen LogP contribution in [0.4, 0.5) is 0 Å². The molecule has 0 heterocycles. The molecule has 0 spiro atoms. The average molecular weight is 290 g/mol. The van der Waals surface area contributed by atoms with Crippen LogP contribution in [0.3, 0.4) is 0 Å². The molecule has 1 N–H and O–H groups in total. The lowest BCUT2D eigenvalue weighted by Gasteiger charge is -2.11. The summed E-state index contributed by atoms with van der Waals surface area (Å²) in [6.07, 6.45) is 0. The third-order valence-electron chi connectivity index (χ3n) is 2.82. The molecule has 0 aliphatic heterocycles. The second-order valence-corrected chi connectivity index (χ2v) is 4.67. The van der Waals surface area contributed by atoms with Crippen molar-refractivity contribution in [2.45, 2.75) is 13.5 Å². The van der Waals surface area contributed by atoms with Gasteiger partial charge in [-0.25, -0.2) is 0 Å². The third kappa shape index (κ3) is 3.75. The quantitative estimate of drug-likeness (QED) is 0.912. The molecule has 2 rings (SSSR count). The van der Waals surface area contributed by atoms with E-state index in [0.29, 0.717) is 23.7 Å². The second-order valence-electron chi connectivity index (χ2n) is 4.23. The first-order valence-electron chi connectivity index (χ1n) is 6.45. The van der Waals surface area contributed by atoms with E-state index in [9.17, 15) is 4.79 Å². The van der Waals surface area contributed by atoms with Crippen LogP contribution in [0.1, 0.15) is 22.8 Å². The minimum atomic E-state index is -0.132. The van der Waals surface area contributed by atoms with Crippen LogP contribution in [-0.4, -0.2) is 12.5 Å². The summed E-state index contributed by atoms with van der Waals surface area (Å²) in [5.41, 5.74) is 1.54. The van der Waals surface area contributed by atoms with E-state index in [4.69, 9.17) is 16.3 Å². The topological polar surface area (TPSA) is 38.3 Å². The van der Waals surface area contributed by atoms with Gasteiger partial charge in [-0.15, -0.1) is 0 Å². The molecule has 4 heteroatoms. The maximum atomic E-state index is 12.0. The van der Waals surface area contributed by atoms with E-state index in [-0.39, 0.29) is 5.91 Å². The Kier molecular flexibility index (Phi) is 5.02. The number of rotatable bonds is 5. The van der Waals surface area contributed by atoms with Crippen molar-refractivity contribution in [1.82, 2.24) is 5.32 Å². The number of halogens is 1. The zero-order chi connectivity index (χ0) is 14.4. The number of carbonyl (C=O) groups is 1. The molecule has 0 aliphatic rings. The van der Waals surface area contributed by atoms with Crippen molar-refractivity contribution in [2.75, 3.05) is 6.61 Å². The number of para-hydroxylation sites is 1. The molecule has 2 aromatic carbocycles. The number of hydrogen-bond donors (Lipinski definition) is 1. The van der Waals surface area contributed by atoms with Crippen molar-refractivity contribution in [3.63, 3.8) is 0 Å². The molecule has 0 aliphatic carbocycles. The van der Waals surface area contributed by atoms with Crippen molar-refractivity contribution < 1.29 is 9.53 Å². The maximum Gasteiger partial charge on any atom is 0.251 e. The lowest BCUT2D eigenvalue weighted by Crippen LogP contribution is -2.23. The first kappa shape index (κ1) is 14.4. The number of carbonyl (C=O) groups excluding carboxylic acids is 1. The largest absolute Gasteiger partial charge is 0.494 e. The van der Waals surface area contributed by atoms with E-state index in [1.54, 1.807) is 24.3 Å². The van der Waals surface area contributed by atoms with Gasteiger partial charge in [0, 0.05) is 22.7 Å². The van der Waals surface area contributed by atoms with Crippen molar-refractivity contribution >= 4 is 17.5 Å². The Morgan fingerprint density at radius 3 is 2.55 bits per heavy atom. The SMILES string of the molecule is CCOc1ccccc1CNC(=O)c1ccc(Cl)cc1. The van der Waals surface area contributed by atoms with Crippen LogP contribution in [0.2, 0.25) is 5.02 Å². The molecular weight excluding hydrogens is 274 g/mol. The molecule has 0 aromatic heterocycles. The molecule has 0 bridgehead atoms. The number of hydrogen-bond acceptors (Lipinski definition) is 2. The van der Waals surface area contributed by atoms with Gasteiger partial charge in [0.15, 0.2) is 0 Å². The van der Waals surface area contributed by atoms with E-state index in [0.717, 1.165) is 11.3 Å². The highest BCUT2D eigenvalue weighted by Gasteiger charge is 2.07. The van der Waals surface area contributed by atoms with Gasteiger partial charge in [-0.05, 0) is 37.3 Å². The molecule has 0 atom stereocenters. The van der Waals surface area contributed by atoms with E-state index < -0.39 is 0 Å². The Hall–Kier alpha value is -2.00. The van der Waals surface area contributed by atoms with Crippen molar-refractivity contribution in [3.05, 3.63) is 64.7 Å². The zero-order valence-corrected chi connectivity index (χ0v) is 12.0. The summed E-state index contributed by atoms with van der Waals surface area (Å²) in [5.74, 6) is 0.666. The Labute approximate surface area is 123 Å². The van der Waals surface area contributed by atoms with E-state index in [1.165, 1.54) is 0 Å². The van der Waals surface area contributed by atoms with E-state index in [1.807, 2.05) is 31.2 Å². The predicted molar refractivity (Wildman–Crippen MR) is 80.2 cm³/mol. The Morgan fingerprint density at radius 2 is 1.85 bits per heavy atom. The lowest BCUT2D eigenvalue weighted by atomic mass is 10.1. The summed E-state index contributed by atoms with van der Waals surface area (Å²) >= 11 is 5.80. The van der Waals surface area contributed by atoms with Gasteiger partial charge in [-0.2, -0.15) is 0 Å². The number of ether oxygens (including phenoxy) is 1. The molecule has 0 saturated heterocycles. The van der Waals surface area contributed by atoms with Crippen LogP contribution in [0, 0.1) is 0 Å². The van der Waals surface area contributed by atoms with Gasteiger partial charge in [-0.1, -0.05) is 29.8 Å². The lowest BCUT2D eigenvalue weighted by molar-refractivity contribution is 0.0950. The van der Waals surface area contributed by atoms with Gasteiger partial charge < -0.3 is 10.1 Å². The average Bonchev–Trinajstić information content (AvgIpc) is 2.47. The molecule has 104 valence electrons. The van der Waals surface area contributed by atoms with Gasteiger partial charge in [-0.3, -0.25) is 4.79 Å². The monoisotopic (exact) mass is 289 g/mol. The Morgan fingerprint density at radius 1 is 1.15 bits per heavy atom. The fourth-order valence-corrected chi connectivity index (χ4v) is 1.95. The summed E-state index contributed by atoms with van der Waals surface area (Å²) in [6, 6.07) is 14.5. The highest BCUT2D eigenvalue weighted by atomic mass is 35.5. The number of nitrogens with one attached hydrogen (secondary N) is 1. The van der Waals surface area contributed by atoms with Crippen molar-refractivity contribution in [1.29, 1.82) is 0 Å². The normalized spacial score (nSPS) is 10.1. The van der Waals surface area contributed by atoms with Crippen LogP contribution < -0.4 is 10.1 Å². The van der Waals surface area contributed by atoms with Gasteiger partial charge in [0.2, 0.25) is 0 Å². The van der Waals surface area contributed by atoms with Crippen molar-refractivity contribution in [2.24, 2.45) is 0 Å². The smallest absolute Gasteiger partial charge is 0.251 e. The number of benzene rings is 2. The predicted octanol–water partition coefficient (Wildman–Crippen LogP) is 3.67. The Bertz CT molecular complexity index is 581. The summed E-state index contributed by atoms with van der Waals surface area (Å²) in [5, 5.41) is 3.49. The fourth-order valence-electron chi connectivity index (χ4n) is 1.83. The molecule has 0 unspecified atom stereocenters. The summed E-state index contributed by atoms with van der Waals surface area (Å²) in [6.45, 7) is 2.96. The first-order chi connectivity index (χ1) is 9.70. The minimum absolute atomic E-state index is 0.132.